The lowest BCUT2D eigenvalue weighted by Gasteiger charge is -2.23. The number of hydrogen-bond acceptors (Lipinski definition) is 2. The van der Waals surface area contributed by atoms with Gasteiger partial charge in [-0.2, -0.15) is 0 Å². The van der Waals surface area contributed by atoms with Gasteiger partial charge < -0.3 is 9.84 Å². The lowest BCUT2D eigenvalue weighted by atomic mass is 9.80. The second-order valence-electron chi connectivity index (χ2n) is 3.43. The van der Waals surface area contributed by atoms with Crippen LogP contribution in [0.5, 0.6) is 0 Å². The highest BCUT2D eigenvalue weighted by molar-refractivity contribution is 5.71. The van der Waals surface area contributed by atoms with Gasteiger partial charge in [0, 0.05) is 0 Å². The number of fused-ring (bicyclic) bond motifs is 2. The quantitative estimate of drug-likeness (QED) is 0.613. The van der Waals surface area contributed by atoms with Gasteiger partial charge in [0.05, 0.1) is 18.6 Å². The van der Waals surface area contributed by atoms with Crippen molar-refractivity contribution in [1.29, 1.82) is 0 Å². The maximum Gasteiger partial charge on any atom is 0.309 e. The number of ether oxygens (including phenoxy) is 1. The Bertz CT molecular complexity index is 162. The summed E-state index contributed by atoms with van der Waals surface area (Å²) >= 11 is 0. The minimum atomic E-state index is -0.669. The van der Waals surface area contributed by atoms with Crippen LogP contribution in [0.25, 0.3) is 0 Å². The van der Waals surface area contributed by atoms with Crippen LogP contribution in [-0.2, 0) is 9.53 Å². The number of carboxylic acids is 1. The van der Waals surface area contributed by atoms with Crippen LogP contribution in [0.1, 0.15) is 19.3 Å². The largest absolute Gasteiger partial charge is 0.481 e. The summed E-state index contributed by atoms with van der Waals surface area (Å²) < 4.78 is 5.37. The summed E-state index contributed by atoms with van der Waals surface area (Å²) in [5.74, 6) is -0.577. The molecule has 2 aliphatic rings. The standard InChI is InChI=1S/C8H12O3/c9-8(10)7-5-2-1-3-6(7)11-4-5/h5-7H,1-4H2,(H,9,10)/t5-,6-,7?/m1/s1. The topological polar surface area (TPSA) is 46.5 Å². The molecule has 1 aliphatic heterocycles. The highest BCUT2D eigenvalue weighted by atomic mass is 16.5. The second-order valence-corrected chi connectivity index (χ2v) is 3.43. The molecule has 0 radical (unpaired) electrons. The van der Waals surface area contributed by atoms with Gasteiger partial charge in [-0.15, -0.1) is 0 Å². The Labute approximate surface area is 65.4 Å². The first kappa shape index (κ1) is 7.10. The summed E-state index contributed by atoms with van der Waals surface area (Å²) in [4.78, 5) is 10.7. The highest BCUT2D eigenvalue weighted by Gasteiger charge is 2.44. The minimum absolute atomic E-state index is 0.0197. The molecule has 2 fully saturated rings. The lowest BCUT2D eigenvalue weighted by molar-refractivity contribution is -0.145. The zero-order valence-corrected chi connectivity index (χ0v) is 6.32. The van der Waals surface area contributed by atoms with Gasteiger partial charge >= 0.3 is 5.97 Å². The third-order valence-corrected chi connectivity index (χ3v) is 2.78. The first-order valence-electron chi connectivity index (χ1n) is 4.13. The van der Waals surface area contributed by atoms with Crippen molar-refractivity contribution in [1.82, 2.24) is 0 Å². The van der Waals surface area contributed by atoms with Crippen LogP contribution in [0.15, 0.2) is 0 Å². The lowest BCUT2D eigenvalue weighted by Crippen LogP contribution is -2.32. The fraction of sp³-hybridized carbons (Fsp3) is 0.875. The van der Waals surface area contributed by atoms with E-state index in [0.717, 1.165) is 19.3 Å². The van der Waals surface area contributed by atoms with E-state index in [4.69, 9.17) is 9.84 Å². The Balaban J connectivity index is 2.15. The zero-order valence-electron chi connectivity index (χ0n) is 6.32. The van der Waals surface area contributed by atoms with Gasteiger partial charge in [-0.3, -0.25) is 4.79 Å². The van der Waals surface area contributed by atoms with Gasteiger partial charge in [0.1, 0.15) is 0 Å². The van der Waals surface area contributed by atoms with E-state index >= 15 is 0 Å². The minimum Gasteiger partial charge on any atom is -0.481 e. The van der Waals surface area contributed by atoms with Crippen LogP contribution in [0.3, 0.4) is 0 Å². The molecule has 1 saturated heterocycles. The van der Waals surface area contributed by atoms with E-state index in [-0.39, 0.29) is 12.0 Å². The summed E-state index contributed by atoms with van der Waals surface area (Å²) in [6.45, 7) is 0.668. The van der Waals surface area contributed by atoms with E-state index in [1.807, 2.05) is 0 Å². The van der Waals surface area contributed by atoms with Gasteiger partial charge in [-0.05, 0) is 18.8 Å². The molecule has 1 unspecified atom stereocenters. The third kappa shape index (κ3) is 1.03. The van der Waals surface area contributed by atoms with Crippen molar-refractivity contribution in [3.8, 4) is 0 Å². The summed E-state index contributed by atoms with van der Waals surface area (Å²) in [7, 11) is 0. The smallest absolute Gasteiger partial charge is 0.309 e. The fourth-order valence-electron chi connectivity index (χ4n) is 2.23. The molecule has 0 aromatic carbocycles. The van der Waals surface area contributed by atoms with E-state index in [1.54, 1.807) is 0 Å². The van der Waals surface area contributed by atoms with Crippen LogP contribution < -0.4 is 0 Å². The van der Waals surface area contributed by atoms with Gasteiger partial charge in [0.25, 0.3) is 0 Å². The number of carboxylic acid groups (broad SMARTS) is 1. The Hall–Kier alpha value is -0.570. The Morgan fingerprint density at radius 3 is 2.82 bits per heavy atom. The van der Waals surface area contributed by atoms with E-state index in [9.17, 15) is 4.79 Å². The van der Waals surface area contributed by atoms with Crippen molar-refractivity contribution in [3.63, 3.8) is 0 Å². The average molecular weight is 156 g/mol. The molecule has 0 aromatic rings. The van der Waals surface area contributed by atoms with Crippen molar-refractivity contribution in [2.75, 3.05) is 6.61 Å². The molecular weight excluding hydrogens is 144 g/mol. The summed E-state index contributed by atoms with van der Waals surface area (Å²) in [6, 6.07) is 0. The van der Waals surface area contributed by atoms with Gasteiger partial charge in [0.2, 0.25) is 0 Å². The summed E-state index contributed by atoms with van der Waals surface area (Å²) in [5, 5.41) is 8.84. The van der Waals surface area contributed by atoms with Crippen LogP contribution in [0.4, 0.5) is 0 Å². The molecule has 1 N–H and O–H groups in total. The molecule has 3 nitrogen and oxygen atoms in total. The monoisotopic (exact) mass is 156 g/mol. The Kier molecular flexibility index (Phi) is 1.60. The van der Waals surface area contributed by atoms with E-state index in [1.165, 1.54) is 0 Å². The van der Waals surface area contributed by atoms with Crippen LogP contribution in [0.2, 0.25) is 0 Å². The molecule has 1 saturated carbocycles. The first-order valence-corrected chi connectivity index (χ1v) is 4.13. The number of carbonyl (C=O) groups is 1. The highest BCUT2D eigenvalue weighted by Crippen LogP contribution is 2.38. The number of rotatable bonds is 1. The fourth-order valence-corrected chi connectivity index (χ4v) is 2.23. The molecular formula is C8H12O3. The predicted molar refractivity (Wildman–Crippen MR) is 38.2 cm³/mol. The van der Waals surface area contributed by atoms with Gasteiger partial charge in [-0.25, -0.2) is 0 Å². The number of aliphatic carboxylic acids is 1. The molecule has 0 spiro atoms. The zero-order chi connectivity index (χ0) is 7.84. The van der Waals surface area contributed by atoms with Crippen molar-refractivity contribution in [3.05, 3.63) is 0 Å². The molecule has 0 aromatic heterocycles. The molecule has 2 bridgehead atoms. The Morgan fingerprint density at radius 1 is 1.45 bits per heavy atom. The third-order valence-electron chi connectivity index (χ3n) is 2.78. The Morgan fingerprint density at radius 2 is 2.27 bits per heavy atom. The molecule has 2 rings (SSSR count). The van der Waals surface area contributed by atoms with Crippen LogP contribution >= 0.6 is 0 Å². The molecule has 11 heavy (non-hydrogen) atoms. The van der Waals surface area contributed by atoms with E-state index in [0.29, 0.717) is 12.5 Å². The van der Waals surface area contributed by atoms with Crippen molar-refractivity contribution < 1.29 is 14.6 Å². The molecule has 3 atom stereocenters. The van der Waals surface area contributed by atoms with Gasteiger partial charge in [-0.1, -0.05) is 6.42 Å². The predicted octanol–water partition coefficient (Wildman–Crippen LogP) is 0.886. The summed E-state index contributed by atoms with van der Waals surface area (Å²) in [6.07, 6.45) is 3.13. The van der Waals surface area contributed by atoms with Crippen LogP contribution in [-0.4, -0.2) is 23.8 Å². The molecule has 1 aliphatic carbocycles. The summed E-state index contributed by atoms with van der Waals surface area (Å²) in [5.41, 5.74) is 0. The van der Waals surface area contributed by atoms with Gasteiger partial charge in [0.15, 0.2) is 0 Å². The first-order chi connectivity index (χ1) is 5.29. The number of hydrogen-bond donors (Lipinski definition) is 1. The maximum absolute atomic E-state index is 10.7. The molecule has 62 valence electrons. The normalized spacial score (nSPS) is 42.4. The van der Waals surface area contributed by atoms with Crippen molar-refractivity contribution in [2.45, 2.75) is 25.4 Å². The molecule has 3 heteroatoms. The van der Waals surface area contributed by atoms with Crippen molar-refractivity contribution >= 4 is 5.97 Å². The van der Waals surface area contributed by atoms with Crippen molar-refractivity contribution in [2.24, 2.45) is 11.8 Å². The molecule has 0 amide bonds. The average Bonchev–Trinajstić information content (AvgIpc) is 2.23. The second kappa shape index (κ2) is 2.48. The maximum atomic E-state index is 10.7. The van der Waals surface area contributed by atoms with E-state index < -0.39 is 5.97 Å². The van der Waals surface area contributed by atoms with Crippen LogP contribution in [0, 0.1) is 11.8 Å². The van der Waals surface area contributed by atoms with E-state index in [2.05, 4.69) is 0 Å². The SMILES string of the molecule is O=C(O)C1[C@@H]2CCC[C@H]1OC2. The molecule has 1 heterocycles.